The summed E-state index contributed by atoms with van der Waals surface area (Å²) in [7, 11) is 3.39. The third-order valence-electron chi connectivity index (χ3n) is 5.47. The van der Waals surface area contributed by atoms with Gasteiger partial charge in [0, 0.05) is 31.3 Å². The minimum absolute atomic E-state index is 0.0378. The Morgan fingerprint density at radius 3 is 2.61 bits per heavy atom. The molecule has 1 amide bonds. The number of likely N-dealkylation sites (tertiary alicyclic amines) is 1. The number of carbonyl (C=O) groups excluding carboxylic acids is 1. The summed E-state index contributed by atoms with van der Waals surface area (Å²) in [6.45, 7) is 1.06. The monoisotopic (exact) mass is 415 g/mol. The molecular weight excluding hydrogens is 394 g/mol. The molecule has 0 bridgehead atoms. The van der Waals surface area contributed by atoms with Crippen molar-refractivity contribution < 1.29 is 14.1 Å². The highest BCUT2D eigenvalue weighted by atomic mass is 16.5. The first-order valence-corrected chi connectivity index (χ1v) is 10.00. The fourth-order valence-electron chi connectivity index (χ4n) is 3.72. The van der Waals surface area contributed by atoms with E-state index in [0.29, 0.717) is 41.9 Å². The number of para-hydroxylation sites is 1. The number of rotatable bonds is 5. The molecule has 0 unspecified atom stereocenters. The molecule has 0 radical (unpaired) electrons. The van der Waals surface area contributed by atoms with Crippen LogP contribution in [0.4, 0.5) is 0 Å². The topological polar surface area (TPSA) is 86.3 Å². The second-order valence-electron chi connectivity index (χ2n) is 7.47. The fourth-order valence-corrected chi connectivity index (χ4v) is 3.72. The summed E-state index contributed by atoms with van der Waals surface area (Å²) in [6.07, 6.45) is 0. The first-order chi connectivity index (χ1) is 15.1. The lowest BCUT2D eigenvalue weighted by Gasteiger charge is -2.36. The Bertz CT molecular complexity index is 1230. The van der Waals surface area contributed by atoms with Gasteiger partial charge in [-0.15, -0.1) is 0 Å². The van der Waals surface area contributed by atoms with Gasteiger partial charge in [0.15, 0.2) is 0 Å². The Hall–Kier alpha value is -3.94. The van der Waals surface area contributed by atoms with E-state index in [9.17, 15) is 4.79 Å². The van der Waals surface area contributed by atoms with Crippen LogP contribution in [0.2, 0.25) is 0 Å². The fraction of sp³-hybridized carbons (Fsp3) is 0.217. The molecular formula is C23H21N5O3. The number of hydrogen-bond acceptors (Lipinski definition) is 6. The van der Waals surface area contributed by atoms with E-state index in [2.05, 4.69) is 15.2 Å². The Kier molecular flexibility index (Phi) is 4.74. The number of carbonyl (C=O) groups is 1. The standard InChI is InChI=1S/C23H21N5O3/c1-27-19(12-18(25-27)17-10-6-7-11-20(17)30-2)23(29)28-13-16(14-28)22-24-21(26-31-22)15-8-4-3-5-9-15/h3-12,16H,13-14H2,1-2H3. The highest BCUT2D eigenvalue weighted by Crippen LogP contribution is 2.31. The maximum atomic E-state index is 13.0. The summed E-state index contributed by atoms with van der Waals surface area (Å²) >= 11 is 0. The quantitative estimate of drug-likeness (QED) is 0.497. The van der Waals surface area contributed by atoms with E-state index in [1.54, 1.807) is 29.8 Å². The highest BCUT2D eigenvalue weighted by molar-refractivity contribution is 5.94. The minimum Gasteiger partial charge on any atom is -0.496 e. The molecule has 2 aromatic carbocycles. The molecule has 1 aliphatic rings. The molecule has 8 heteroatoms. The minimum atomic E-state index is -0.0739. The molecule has 8 nitrogen and oxygen atoms in total. The first-order valence-electron chi connectivity index (χ1n) is 10.00. The third kappa shape index (κ3) is 3.46. The smallest absolute Gasteiger partial charge is 0.272 e. The molecule has 1 saturated heterocycles. The lowest BCUT2D eigenvalue weighted by atomic mass is 9.99. The Balaban J connectivity index is 1.29. The largest absolute Gasteiger partial charge is 0.496 e. The number of benzene rings is 2. The van der Waals surface area contributed by atoms with Gasteiger partial charge in [0.1, 0.15) is 11.4 Å². The van der Waals surface area contributed by atoms with Crippen LogP contribution in [0.25, 0.3) is 22.6 Å². The van der Waals surface area contributed by atoms with Crippen molar-refractivity contribution in [3.05, 3.63) is 72.2 Å². The Morgan fingerprint density at radius 1 is 1.10 bits per heavy atom. The zero-order valence-electron chi connectivity index (χ0n) is 17.2. The summed E-state index contributed by atoms with van der Waals surface area (Å²) < 4.78 is 12.5. The number of ether oxygens (including phenoxy) is 1. The normalized spacial score (nSPS) is 13.8. The van der Waals surface area contributed by atoms with Crippen molar-refractivity contribution in [2.24, 2.45) is 7.05 Å². The molecule has 3 heterocycles. The number of aromatic nitrogens is 4. The number of amides is 1. The average molecular weight is 415 g/mol. The molecule has 0 saturated carbocycles. The SMILES string of the molecule is COc1ccccc1-c1cc(C(=O)N2CC(c3nc(-c4ccccc4)no3)C2)n(C)n1. The zero-order valence-corrected chi connectivity index (χ0v) is 17.2. The second kappa shape index (κ2) is 7.71. The number of methoxy groups -OCH3 is 1. The van der Waals surface area contributed by atoms with Crippen molar-refractivity contribution in [3.8, 4) is 28.4 Å². The van der Waals surface area contributed by atoms with Gasteiger partial charge in [-0.05, 0) is 18.2 Å². The maximum absolute atomic E-state index is 13.0. The summed E-state index contributed by atoms with van der Waals surface area (Å²) in [6, 6.07) is 19.1. The summed E-state index contributed by atoms with van der Waals surface area (Å²) in [5.41, 5.74) is 2.98. The summed E-state index contributed by atoms with van der Waals surface area (Å²) in [4.78, 5) is 19.3. The lowest BCUT2D eigenvalue weighted by Crippen LogP contribution is -2.49. The third-order valence-corrected chi connectivity index (χ3v) is 5.47. The van der Waals surface area contributed by atoms with Crippen molar-refractivity contribution in [2.75, 3.05) is 20.2 Å². The molecule has 1 aliphatic heterocycles. The highest BCUT2D eigenvalue weighted by Gasteiger charge is 2.37. The molecule has 0 N–H and O–H groups in total. The molecule has 0 atom stereocenters. The molecule has 4 aromatic rings. The van der Waals surface area contributed by atoms with Crippen LogP contribution in [0.3, 0.4) is 0 Å². The van der Waals surface area contributed by atoms with Gasteiger partial charge < -0.3 is 14.2 Å². The van der Waals surface area contributed by atoms with Crippen LogP contribution >= 0.6 is 0 Å². The van der Waals surface area contributed by atoms with Gasteiger partial charge in [-0.25, -0.2) is 0 Å². The van der Waals surface area contributed by atoms with Crippen LogP contribution in [0.5, 0.6) is 5.75 Å². The van der Waals surface area contributed by atoms with E-state index >= 15 is 0 Å². The maximum Gasteiger partial charge on any atom is 0.272 e. The Morgan fingerprint density at radius 2 is 1.84 bits per heavy atom. The average Bonchev–Trinajstić information content (AvgIpc) is 3.40. The van der Waals surface area contributed by atoms with Crippen LogP contribution < -0.4 is 4.74 Å². The van der Waals surface area contributed by atoms with Gasteiger partial charge in [0.05, 0.1) is 18.7 Å². The lowest BCUT2D eigenvalue weighted by molar-refractivity contribution is 0.0558. The molecule has 156 valence electrons. The van der Waals surface area contributed by atoms with E-state index in [1.807, 2.05) is 54.6 Å². The first kappa shape index (κ1) is 19.0. The predicted molar refractivity (Wildman–Crippen MR) is 114 cm³/mol. The van der Waals surface area contributed by atoms with Gasteiger partial charge >= 0.3 is 0 Å². The zero-order chi connectivity index (χ0) is 21.4. The van der Waals surface area contributed by atoms with Crippen LogP contribution in [-0.2, 0) is 7.05 Å². The molecule has 1 fully saturated rings. The number of nitrogens with zero attached hydrogens (tertiary/aromatic N) is 5. The van der Waals surface area contributed by atoms with Gasteiger partial charge in [-0.1, -0.05) is 47.6 Å². The molecule has 2 aromatic heterocycles. The van der Waals surface area contributed by atoms with Crippen LogP contribution in [0, 0.1) is 0 Å². The molecule has 0 aliphatic carbocycles. The number of aryl methyl sites for hydroxylation is 1. The van der Waals surface area contributed by atoms with Gasteiger partial charge in [0.25, 0.3) is 5.91 Å². The predicted octanol–water partition coefficient (Wildman–Crippen LogP) is 3.39. The van der Waals surface area contributed by atoms with E-state index in [4.69, 9.17) is 9.26 Å². The molecule has 5 rings (SSSR count). The molecule has 0 spiro atoms. The number of hydrogen-bond donors (Lipinski definition) is 0. The second-order valence-corrected chi connectivity index (χ2v) is 7.47. The van der Waals surface area contributed by atoms with Crippen molar-refractivity contribution in [2.45, 2.75) is 5.92 Å². The van der Waals surface area contributed by atoms with Crippen molar-refractivity contribution in [3.63, 3.8) is 0 Å². The van der Waals surface area contributed by atoms with Crippen molar-refractivity contribution >= 4 is 5.91 Å². The van der Waals surface area contributed by atoms with E-state index in [1.165, 1.54) is 0 Å². The van der Waals surface area contributed by atoms with E-state index in [0.717, 1.165) is 11.1 Å². The van der Waals surface area contributed by atoms with Gasteiger partial charge in [-0.2, -0.15) is 10.1 Å². The van der Waals surface area contributed by atoms with Crippen LogP contribution in [0.15, 0.2) is 65.2 Å². The van der Waals surface area contributed by atoms with Crippen molar-refractivity contribution in [1.29, 1.82) is 0 Å². The summed E-state index contributed by atoms with van der Waals surface area (Å²) in [5.74, 6) is 1.80. The van der Waals surface area contributed by atoms with Crippen LogP contribution in [0.1, 0.15) is 22.3 Å². The van der Waals surface area contributed by atoms with Gasteiger partial charge in [0.2, 0.25) is 11.7 Å². The van der Waals surface area contributed by atoms with E-state index in [-0.39, 0.29) is 11.8 Å². The molecule has 31 heavy (non-hydrogen) atoms. The summed E-state index contributed by atoms with van der Waals surface area (Å²) in [5, 5.41) is 8.58. The van der Waals surface area contributed by atoms with Crippen LogP contribution in [-0.4, -0.2) is 50.9 Å². The Labute approximate surface area is 179 Å². The van der Waals surface area contributed by atoms with E-state index < -0.39 is 0 Å². The van der Waals surface area contributed by atoms with Gasteiger partial charge in [-0.3, -0.25) is 9.48 Å². The van der Waals surface area contributed by atoms with Crippen molar-refractivity contribution in [1.82, 2.24) is 24.8 Å².